The van der Waals surface area contributed by atoms with Gasteiger partial charge in [-0.2, -0.15) is 0 Å². The minimum atomic E-state index is -0.290. The standard InChI is InChI=1S/C20H20Cl2N2O4/c21-15-4-6-18(16(22)12-15)27-8-1-2-19(25)23-24-20(26)11-13-3-5-17-14(10-13)7-9-28-17/h3-6,10,12H,1-2,7-9,11H2,(H,23,25)(H,24,26). The third kappa shape index (κ3) is 5.78. The van der Waals surface area contributed by atoms with Crippen LogP contribution < -0.4 is 20.3 Å². The summed E-state index contributed by atoms with van der Waals surface area (Å²) in [5.74, 6) is 0.817. The number of benzene rings is 2. The van der Waals surface area contributed by atoms with Crippen LogP contribution in [-0.2, 0) is 22.4 Å². The molecule has 0 spiro atoms. The second kappa shape index (κ2) is 9.66. The molecule has 0 unspecified atom stereocenters. The molecule has 1 aliphatic rings. The van der Waals surface area contributed by atoms with Crippen molar-refractivity contribution in [3.63, 3.8) is 0 Å². The molecule has 0 saturated heterocycles. The number of hydrogen-bond acceptors (Lipinski definition) is 4. The Balaban J connectivity index is 1.33. The van der Waals surface area contributed by atoms with Crippen molar-refractivity contribution in [1.29, 1.82) is 0 Å². The summed E-state index contributed by atoms with van der Waals surface area (Å²) in [4.78, 5) is 23.8. The summed E-state index contributed by atoms with van der Waals surface area (Å²) >= 11 is 11.8. The highest BCUT2D eigenvalue weighted by atomic mass is 35.5. The van der Waals surface area contributed by atoms with Gasteiger partial charge < -0.3 is 9.47 Å². The van der Waals surface area contributed by atoms with Crippen LogP contribution in [0.5, 0.6) is 11.5 Å². The lowest BCUT2D eigenvalue weighted by molar-refractivity contribution is -0.128. The molecule has 0 saturated carbocycles. The predicted octanol–water partition coefficient (Wildman–Crippen LogP) is 3.48. The van der Waals surface area contributed by atoms with Gasteiger partial charge in [-0.05, 0) is 41.8 Å². The van der Waals surface area contributed by atoms with Gasteiger partial charge in [0.15, 0.2) is 0 Å². The third-order valence-electron chi connectivity index (χ3n) is 4.16. The highest BCUT2D eigenvalue weighted by molar-refractivity contribution is 6.35. The molecule has 0 bridgehead atoms. The van der Waals surface area contributed by atoms with Crippen molar-refractivity contribution < 1.29 is 19.1 Å². The number of hydrazine groups is 1. The second-order valence-corrected chi connectivity index (χ2v) is 7.18. The molecule has 8 heteroatoms. The summed E-state index contributed by atoms with van der Waals surface area (Å²) in [6, 6.07) is 10.6. The van der Waals surface area contributed by atoms with Crippen molar-refractivity contribution in [3.05, 3.63) is 57.6 Å². The monoisotopic (exact) mass is 422 g/mol. The van der Waals surface area contributed by atoms with E-state index >= 15 is 0 Å². The largest absolute Gasteiger partial charge is 0.493 e. The van der Waals surface area contributed by atoms with Gasteiger partial charge in [0, 0.05) is 17.9 Å². The van der Waals surface area contributed by atoms with Crippen molar-refractivity contribution >= 4 is 35.0 Å². The van der Waals surface area contributed by atoms with Crippen LogP contribution in [0, 0.1) is 0 Å². The second-order valence-electron chi connectivity index (χ2n) is 6.34. The molecule has 0 radical (unpaired) electrons. The summed E-state index contributed by atoms with van der Waals surface area (Å²) in [5.41, 5.74) is 6.82. The van der Waals surface area contributed by atoms with E-state index < -0.39 is 0 Å². The number of carbonyl (C=O) groups excluding carboxylic acids is 2. The normalized spacial score (nSPS) is 12.1. The van der Waals surface area contributed by atoms with E-state index in [-0.39, 0.29) is 24.7 Å². The van der Waals surface area contributed by atoms with Crippen LogP contribution in [0.2, 0.25) is 10.0 Å². The molecule has 6 nitrogen and oxygen atoms in total. The Bertz CT molecular complexity index is 873. The van der Waals surface area contributed by atoms with Gasteiger partial charge >= 0.3 is 0 Å². The van der Waals surface area contributed by atoms with Crippen molar-refractivity contribution in [2.24, 2.45) is 0 Å². The Kier molecular flexibility index (Phi) is 7.01. The van der Waals surface area contributed by atoms with E-state index in [9.17, 15) is 9.59 Å². The SMILES string of the molecule is O=C(CCCOc1ccc(Cl)cc1Cl)NNC(=O)Cc1ccc2c(c1)CCO2. The van der Waals surface area contributed by atoms with E-state index in [0.717, 1.165) is 23.3 Å². The maximum atomic E-state index is 12.0. The number of carbonyl (C=O) groups is 2. The molecule has 2 aromatic carbocycles. The fourth-order valence-corrected chi connectivity index (χ4v) is 3.25. The zero-order valence-corrected chi connectivity index (χ0v) is 16.6. The van der Waals surface area contributed by atoms with Gasteiger partial charge in [-0.25, -0.2) is 0 Å². The number of ether oxygens (including phenoxy) is 2. The number of rotatable bonds is 7. The number of nitrogens with one attached hydrogen (secondary N) is 2. The first kappa shape index (κ1) is 20.3. The average molecular weight is 423 g/mol. The van der Waals surface area contributed by atoms with E-state index in [4.69, 9.17) is 32.7 Å². The van der Waals surface area contributed by atoms with Crippen LogP contribution in [0.4, 0.5) is 0 Å². The minimum Gasteiger partial charge on any atom is -0.493 e. The predicted molar refractivity (Wildman–Crippen MR) is 107 cm³/mol. The first-order valence-electron chi connectivity index (χ1n) is 8.91. The van der Waals surface area contributed by atoms with Crippen LogP contribution in [-0.4, -0.2) is 25.0 Å². The maximum Gasteiger partial charge on any atom is 0.242 e. The smallest absolute Gasteiger partial charge is 0.242 e. The summed E-state index contributed by atoms with van der Waals surface area (Å²) in [6.07, 6.45) is 1.73. The Morgan fingerprint density at radius 2 is 1.89 bits per heavy atom. The molecule has 28 heavy (non-hydrogen) atoms. The van der Waals surface area contributed by atoms with E-state index in [1.165, 1.54) is 0 Å². The molecule has 0 atom stereocenters. The fourth-order valence-electron chi connectivity index (χ4n) is 2.79. The van der Waals surface area contributed by atoms with E-state index in [1.807, 2.05) is 18.2 Å². The fraction of sp³-hybridized carbons (Fsp3) is 0.300. The van der Waals surface area contributed by atoms with Gasteiger partial charge in [-0.15, -0.1) is 0 Å². The molecular weight excluding hydrogens is 403 g/mol. The van der Waals surface area contributed by atoms with Crippen LogP contribution in [0.1, 0.15) is 24.0 Å². The van der Waals surface area contributed by atoms with Gasteiger partial charge in [0.2, 0.25) is 11.8 Å². The van der Waals surface area contributed by atoms with E-state index in [1.54, 1.807) is 18.2 Å². The van der Waals surface area contributed by atoms with Crippen LogP contribution >= 0.6 is 23.2 Å². The Hall–Kier alpha value is -2.44. The highest BCUT2D eigenvalue weighted by Gasteiger charge is 2.13. The van der Waals surface area contributed by atoms with Crippen molar-refractivity contribution in [2.45, 2.75) is 25.7 Å². The topological polar surface area (TPSA) is 76.7 Å². The van der Waals surface area contributed by atoms with Crippen molar-refractivity contribution in [3.8, 4) is 11.5 Å². The number of halogens is 2. The van der Waals surface area contributed by atoms with Gasteiger partial charge in [0.1, 0.15) is 11.5 Å². The quantitative estimate of drug-likeness (QED) is 0.528. The van der Waals surface area contributed by atoms with Crippen LogP contribution in [0.15, 0.2) is 36.4 Å². The number of fused-ring (bicyclic) bond motifs is 1. The summed E-state index contributed by atoms with van der Waals surface area (Å²) < 4.78 is 11.0. The van der Waals surface area contributed by atoms with Gasteiger partial charge in [0.25, 0.3) is 0 Å². The van der Waals surface area contributed by atoms with Crippen molar-refractivity contribution in [2.75, 3.05) is 13.2 Å². The molecule has 2 N–H and O–H groups in total. The average Bonchev–Trinajstić information content (AvgIpc) is 3.13. The highest BCUT2D eigenvalue weighted by Crippen LogP contribution is 2.27. The van der Waals surface area contributed by atoms with Gasteiger partial charge in [0.05, 0.1) is 24.7 Å². The first-order chi connectivity index (χ1) is 13.5. The van der Waals surface area contributed by atoms with Gasteiger partial charge in [-0.1, -0.05) is 35.3 Å². The van der Waals surface area contributed by atoms with Gasteiger partial charge in [-0.3, -0.25) is 20.4 Å². The summed E-state index contributed by atoms with van der Waals surface area (Å²) in [6.45, 7) is 0.995. The number of amides is 2. The molecule has 0 aromatic heterocycles. The molecule has 0 aliphatic carbocycles. The van der Waals surface area contributed by atoms with E-state index in [2.05, 4.69) is 10.9 Å². The number of hydrogen-bond donors (Lipinski definition) is 2. The zero-order chi connectivity index (χ0) is 19.9. The zero-order valence-electron chi connectivity index (χ0n) is 15.1. The third-order valence-corrected chi connectivity index (χ3v) is 4.69. The molecule has 0 fully saturated rings. The van der Waals surface area contributed by atoms with Crippen LogP contribution in [0.25, 0.3) is 0 Å². The Morgan fingerprint density at radius 1 is 1.07 bits per heavy atom. The molecule has 148 valence electrons. The lowest BCUT2D eigenvalue weighted by Gasteiger charge is -2.10. The maximum absolute atomic E-state index is 12.0. The lowest BCUT2D eigenvalue weighted by Crippen LogP contribution is -2.42. The Labute approximate surface area is 173 Å². The molecule has 3 rings (SSSR count). The molecule has 1 aliphatic heterocycles. The Morgan fingerprint density at radius 3 is 2.71 bits per heavy atom. The molecule has 2 aromatic rings. The minimum absolute atomic E-state index is 0.186. The van der Waals surface area contributed by atoms with Crippen molar-refractivity contribution in [1.82, 2.24) is 10.9 Å². The molecule has 1 heterocycles. The molecular formula is C20H20Cl2N2O4. The van der Waals surface area contributed by atoms with E-state index in [0.29, 0.717) is 35.4 Å². The summed E-state index contributed by atoms with van der Waals surface area (Å²) in [7, 11) is 0. The first-order valence-corrected chi connectivity index (χ1v) is 9.67. The summed E-state index contributed by atoms with van der Waals surface area (Å²) in [5, 5.41) is 0.947. The molecule has 2 amide bonds. The lowest BCUT2D eigenvalue weighted by atomic mass is 10.1. The van der Waals surface area contributed by atoms with Crippen LogP contribution in [0.3, 0.4) is 0 Å².